The van der Waals surface area contributed by atoms with Gasteiger partial charge in [-0.1, -0.05) is 18.2 Å². The van der Waals surface area contributed by atoms with Crippen LogP contribution >= 0.6 is 15.9 Å². The smallest absolute Gasteiger partial charge is 0.252 e. The summed E-state index contributed by atoms with van der Waals surface area (Å²) in [4.78, 5) is 24.6. The molecule has 0 spiro atoms. The van der Waals surface area contributed by atoms with Crippen molar-refractivity contribution in [3.63, 3.8) is 0 Å². The number of amides is 2. The second kappa shape index (κ2) is 12.3. The predicted molar refractivity (Wildman–Crippen MR) is 136 cm³/mol. The van der Waals surface area contributed by atoms with Gasteiger partial charge < -0.3 is 14.8 Å². The molecule has 8 nitrogen and oxygen atoms in total. The van der Waals surface area contributed by atoms with E-state index in [9.17, 15) is 14.9 Å². The minimum Gasteiger partial charge on any atom is -0.497 e. The number of carbonyl (C=O) groups excluding carboxylic acids is 2. The van der Waals surface area contributed by atoms with Gasteiger partial charge in [-0.15, -0.1) is 0 Å². The van der Waals surface area contributed by atoms with Crippen LogP contribution in [0.4, 0.5) is 5.69 Å². The Morgan fingerprint density at radius 2 is 1.86 bits per heavy atom. The van der Waals surface area contributed by atoms with Crippen LogP contribution in [-0.2, 0) is 16.2 Å². The lowest BCUT2D eigenvalue weighted by atomic mass is 10.1. The summed E-state index contributed by atoms with van der Waals surface area (Å²) in [5.74, 6) is -0.679. The van der Waals surface area contributed by atoms with Crippen molar-refractivity contribution in [3.05, 3.63) is 87.9 Å². The van der Waals surface area contributed by atoms with Crippen molar-refractivity contribution in [1.82, 2.24) is 5.43 Å². The van der Waals surface area contributed by atoms with Crippen LogP contribution in [-0.4, -0.2) is 25.1 Å². The lowest BCUT2D eigenvalue weighted by Crippen LogP contribution is -2.34. The number of rotatable bonds is 9. The number of ether oxygens (including phenoxy) is 2. The molecule has 0 aromatic heterocycles. The molecule has 0 saturated carbocycles. The Hall–Kier alpha value is -4.16. The fourth-order valence-electron chi connectivity index (χ4n) is 2.94. The minimum atomic E-state index is -0.951. The van der Waals surface area contributed by atoms with E-state index < -0.39 is 17.7 Å². The third-order valence-corrected chi connectivity index (χ3v) is 5.63. The molecule has 0 saturated heterocycles. The molecule has 35 heavy (non-hydrogen) atoms. The third-order valence-electron chi connectivity index (χ3n) is 5.01. The summed E-state index contributed by atoms with van der Waals surface area (Å²) in [6.45, 7) is 1.75. The first kappa shape index (κ1) is 25.5. The molecule has 0 aliphatic heterocycles. The molecular formula is C26H23BrN4O4. The number of anilines is 1. The van der Waals surface area contributed by atoms with Gasteiger partial charge >= 0.3 is 0 Å². The maximum absolute atomic E-state index is 12.3. The van der Waals surface area contributed by atoms with Crippen molar-refractivity contribution in [1.29, 1.82) is 5.26 Å². The second-order valence-corrected chi connectivity index (χ2v) is 8.28. The molecule has 2 N–H and O–H groups in total. The van der Waals surface area contributed by atoms with Gasteiger partial charge in [0.25, 0.3) is 5.91 Å². The van der Waals surface area contributed by atoms with Crippen molar-refractivity contribution in [2.75, 3.05) is 12.4 Å². The molecule has 0 fully saturated rings. The molecule has 1 unspecified atom stereocenters. The molecule has 0 bridgehead atoms. The summed E-state index contributed by atoms with van der Waals surface area (Å²) in [6, 6.07) is 21.5. The molecule has 178 valence electrons. The van der Waals surface area contributed by atoms with Crippen LogP contribution in [0, 0.1) is 17.2 Å². The van der Waals surface area contributed by atoms with E-state index in [2.05, 4.69) is 37.8 Å². The predicted octanol–water partition coefficient (Wildman–Crippen LogP) is 4.63. The molecule has 9 heteroatoms. The first-order valence-corrected chi connectivity index (χ1v) is 11.4. The summed E-state index contributed by atoms with van der Waals surface area (Å²) < 4.78 is 11.6. The monoisotopic (exact) mass is 534 g/mol. The quantitative estimate of drug-likeness (QED) is 0.236. The standard InChI is InChI=1S/C26H23BrN4O4/c1-17(25(32)30-21-8-10-22(34-2)11-9-21)26(33)31-29-15-18-7-12-24(23(27)13-18)35-16-20-6-4-3-5-19(20)14-28/h3-13,15,17H,16H2,1-2H3,(H,30,32)(H,31,33). The zero-order valence-corrected chi connectivity index (χ0v) is 20.7. The largest absolute Gasteiger partial charge is 0.497 e. The van der Waals surface area contributed by atoms with E-state index in [-0.39, 0.29) is 6.61 Å². The van der Waals surface area contributed by atoms with Crippen LogP contribution in [0.25, 0.3) is 0 Å². The van der Waals surface area contributed by atoms with Gasteiger partial charge in [-0.3, -0.25) is 9.59 Å². The second-order valence-electron chi connectivity index (χ2n) is 7.42. The Labute approximate surface area is 211 Å². The lowest BCUT2D eigenvalue weighted by Gasteiger charge is -2.11. The summed E-state index contributed by atoms with van der Waals surface area (Å²) in [5, 5.41) is 15.8. The number of benzene rings is 3. The number of hydrogen-bond donors (Lipinski definition) is 2. The van der Waals surface area contributed by atoms with E-state index in [0.717, 1.165) is 5.56 Å². The van der Waals surface area contributed by atoms with E-state index in [1.807, 2.05) is 12.1 Å². The lowest BCUT2D eigenvalue weighted by molar-refractivity contribution is -0.131. The normalized spacial score (nSPS) is 11.4. The van der Waals surface area contributed by atoms with Gasteiger partial charge in [0.05, 0.1) is 29.4 Å². The fourth-order valence-corrected chi connectivity index (χ4v) is 3.45. The zero-order valence-electron chi connectivity index (χ0n) is 19.1. The van der Waals surface area contributed by atoms with Crippen LogP contribution in [0.15, 0.2) is 76.3 Å². The Balaban J connectivity index is 1.52. The number of halogens is 1. The topological polar surface area (TPSA) is 113 Å². The Bertz CT molecular complexity index is 1270. The highest BCUT2D eigenvalue weighted by molar-refractivity contribution is 9.10. The van der Waals surface area contributed by atoms with E-state index >= 15 is 0 Å². The Kier molecular flexibility index (Phi) is 8.98. The van der Waals surface area contributed by atoms with E-state index in [4.69, 9.17) is 9.47 Å². The molecule has 0 heterocycles. The van der Waals surface area contributed by atoms with Gasteiger partial charge in [-0.25, -0.2) is 5.43 Å². The number of methoxy groups -OCH3 is 1. The van der Waals surface area contributed by atoms with E-state index in [1.165, 1.54) is 13.1 Å². The van der Waals surface area contributed by atoms with Gasteiger partial charge in [0.1, 0.15) is 24.0 Å². The maximum Gasteiger partial charge on any atom is 0.252 e. The maximum atomic E-state index is 12.3. The molecular weight excluding hydrogens is 512 g/mol. The molecule has 0 radical (unpaired) electrons. The summed E-state index contributed by atoms with van der Waals surface area (Å²) in [6.07, 6.45) is 1.46. The molecule has 3 aromatic carbocycles. The Morgan fingerprint density at radius 3 is 2.54 bits per heavy atom. The summed E-state index contributed by atoms with van der Waals surface area (Å²) >= 11 is 3.46. The number of nitriles is 1. The average molecular weight is 535 g/mol. The van der Waals surface area contributed by atoms with Crippen LogP contribution in [0.5, 0.6) is 11.5 Å². The highest BCUT2D eigenvalue weighted by atomic mass is 79.9. The van der Waals surface area contributed by atoms with Crippen LogP contribution in [0.1, 0.15) is 23.6 Å². The van der Waals surface area contributed by atoms with Crippen molar-refractivity contribution < 1.29 is 19.1 Å². The third kappa shape index (κ3) is 7.16. The van der Waals surface area contributed by atoms with E-state index in [0.29, 0.717) is 32.8 Å². The highest BCUT2D eigenvalue weighted by Crippen LogP contribution is 2.26. The van der Waals surface area contributed by atoms with Crippen LogP contribution < -0.4 is 20.2 Å². The van der Waals surface area contributed by atoms with Crippen molar-refractivity contribution in [3.8, 4) is 17.6 Å². The summed E-state index contributed by atoms with van der Waals surface area (Å²) in [7, 11) is 1.56. The molecule has 3 rings (SSSR count). The average Bonchev–Trinajstić information content (AvgIpc) is 2.88. The van der Waals surface area contributed by atoms with Crippen LogP contribution in [0.3, 0.4) is 0 Å². The molecule has 0 aliphatic rings. The SMILES string of the molecule is COc1ccc(NC(=O)C(C)C(=O)NN=Cc2ccc(OCc3ccccc3C#N)c(Br)c2)cc1. The fraction of sp³-hybridized carbons (Fsp3) is 0.154. The van der Waals surface area contributed by atoms with Gasteiger partial charge in [0, 0.05) is 11.3 Å². The van der Waals surface area contributed by atoms with Gasteiger partial charge in [0.15, 0.2) is 0 Å². The molecule has 2 amide bonds. The molecule has 0 aliphatic carbocycles. The number of carbonyl (C=O) groups is 2. The highest BCUT2D eigenvalue weighted by Gasteiger charge is 2.21. The number of hydrazone groups is 1. The van der Waals surface area contributed by atoms with Crippen molar-refractivity contribution in [2.45, 2.75) is 13.5 Å². The number of nitrogens with one attached hydrogen (secondary N) is 2. The van der Waals surface area contributed by atoms with E-state index in [1.54, 1.807) is 61.7 Å². The van der Waals surface area contributed by atoms with Crippen LogP contribution in [0.2, 0.25) is 0 Å². The molecule has 1 atom stereocenters. The van der Waals surface area contributed by atoms with Gasteiger partial charge in [-0.05, 0) is 76.9 Å². The van der Waals surface area contributed by atoms with Crippen molar-refractivity contribution in [2.24, 2.45) is 11.0 Å². The number of nitrogens with zero attached hydrogens (tertiary/aromatic N) is 2. The van der Waals surface area contributed by atoms with Gasteiger partial charge in [-0.2, -0.15) is 10.4 Å². The number of hydrogen-bond acceptors (Lipinski definition) is 6. The summed E-state index contributed by atoms with van der Waals surface area (Å²) in [5.41, 5.74) is 5.00. The van der Waals surface area contributed by atoms with Crippen molar-refractivity contribution >= 4 is 39.6 Å². The zero-order chi connectivity index (χ0) is 25.2. The first-order chi connectivity index (χ1) is 16.9. The Morgan fingerprint density at radius 1 is 1.11 bits per heavy atom. The minimum absolute atomic E-state index is 0.252. The van der Waals surface area contributed by atoms with Gasteiger partial charge in [0.2, 0.25) is 5.91 Å². The first-order valence-electron chi connectivity index (χ1n) is 10.6. The molecule has 3 aromatic rings.